The third-order valence-electron chi connectivity index (χ3n) is 2.55. The van der Waals surface area contributed by atoms with E-state index in [9.17, 15) is 13.6 Å². The minimum Gasteiger partial charge on any atom is -0.319 e. The van der Waals surface area contributed by atoms with Crippen LogP contribution < -0.4 is 5.32 Å². The molecule has 0 atom stereocenters. The van der Waals surface area contributed by atoms with Gasteiger partial charge < -0.3 is 5.32 Å². The molecule has 19 heavy (non-hydrogen) atoms. The summed E-state index contributed by atoms with van der Waals surface area (Å²) in [6.45, 7) is 1.85. The van der Waals surface area contributed by atoms with Crippen LogP contribution in [0.1, 0.15) is 15.9 Å². The number of amides is 1. The minimum absolute atomic E-state index is 0.0557. The van der Waals surface area contributed by atoms with Gasteiger partial charge in [0.05, 0.1) is 11.3 Å². The molecule has 1 N–H and O–H groups in total. The van der Waals surface area contributed by atoms with Crippen molar-refractivity contribution in [1.29, 1.82) is 0 Å². The van der Waals surface area contributed by atoms with Crippen molar-refractivity contribution < 1.29 is 13.6 Å². The largest absolute Gasteiger partial charge is 0.319 e. The lowest BCUT2D eigenvalue weighted by molar-refractivity contribution is 0.102. The molecule has 2 aromatic rings. The molecule has 1 amide bonds. The van der Waals surface area contributed by atoms with Gasteiger partial charge in [0.15, 0.2) is 0 Å². The highest BCUT2D eigenvalue weighted by atomic mass is 79.9. The van der Waals surface area contributed by atoms with Crippen molar-refractivity contribution in [3.63, 3.8) is 0 Å². The quantitative estimate of drug-likeness (QED) is 0.876. The summed E-state index contributed by atoms with van der Waals surface area (Å²) in [5.41, 5.74) is 1.25. The molecule has 0 heterocycles. The first-order valence-corrected chi connectivity index (χ1v) is 6.29. The van der Waals surface area contributed by atoms with Crippen molar-refractivity contribution in [2.24, 2.45) is 0 Å². The maximum atomic E-state index is 13.4. The Labute approximate surface area is 117 Å². The first kappa shape index (κ1) is 13.7. The van der Waals surface area contributed by atoms with Crippen molar-refractivity contribution in [3.8, 4) is 0 Å². The molecule has 2 rings (SSSR count). The van der Waals surface area contributed by atoms with Crippen LogP contribution in [0.5, 0.6) is 0 Å². The molecule has 0 saturated carbocycles. The summed E-state index contributed by atoms with van der Waals surface area (Å²) < 4.78 is 26.8. The van der Waals surface area contributed by atoms with Crippen LogP contribution in [0.4, 0.5) is 14.5 Å². The Hall–Kier alpha value is -1.75. The van der Waals surface area contributed by atoms with Gasteiger partial charge in [-0.1, -0.05) is 11.6 Å². The normalized spacial score (nSPS) is 10.3. The zero-order valence-electron chi connectivity index (χ0n) is 10.0. The summed E-state index contributed by atoms with van der Waals surface area (Å²) in [5, 5.41) is 2.41. The maximum Gasteiger partial charge on any atom is 0.256 e. The van der Waals surface area contributed by atoms with E-state index < -0.39 is 17.5 Å². The molecule has 2 aromatic carbocycles. The number of carbonyl (C=O) groups is 1. The van der Waals surface area contributed by atoms with E-state index in [-0.39, 0.29) is 5.69 Å². The van der Waals surface area contributed by atoms with Gasteiger partial charge in [-0.15, -0.1) is 0 Å². The highest BCUT2D eigenvalue weighted by Gasteiger charge is 2.13. The monoisotopic (exact) mass is 325 g/mol. The first-order valence-electron chi connectivity index (χ1n) is 5.50. The summed E-state index contributed by atoms with van der Waals surface area (Å²) in [4.78, 5) is 12.0. The first-order chi connectivity index (χ1) is 8.97. The molecule has 0 radical (unpaired) electrons. The zero-order chi connectivity index (χ0) is 14.0. The predicted octanol–water partition coefficient (Wildman–Crippen LogP) is 4.29. The van der Waals surface area contributed by atoms with Gasteiger partial charge in [-0.2, -0.15) is 0 Å². The lowest BCUT2D eigenvalue weighted by atomic mass is 10.1. The van der Waals surface area contributed by atoms with E-state index in [1.54, 1.807) is 12.1 Å². The molecule has 0 saturated heterocycles. The number of rotatable bonds is 2. The summed E-state index contributed by atoms with van der Waals surface area (Å²) in [5.74, 6) is -1.95. The Bertz CT molecular complexity index is 643. The number of nitrogens with one attached hydrogen (secondary N) is 1. The Morgan fingerprint density at radius 3 is 2.58 bits per heavy atom. The van der Waals surface area contributed by atoms with E-state index >= 15 is 0 Å². The molecule has 2 nitrogen and oxygen atoms in total. The second-order valence-corrected chi connectivity index (χ2v) is 4.92. The van der Waals surface area contributed by atoms with Gasteiger partial charge in [-0.3, -0.25) is 4.79 Å². The lowest BCUT2D eigenvalue weighted by Crippen LogP contribution is -2.14. The predicted molar refractivity (Wildman–Crippen MR) is 73.2 cm³/mol. The molecule has 98 valence electrons. The van der Waals surface area contributed by atoms with Crippen molar-refractivity contribution in [2.45, 2.75) is 6.92 Å². The number of carbonyl (C=O) groups excluding carboxylic acids is 1. The van der Waals surface area contributed by atoms with Crippen molar-refractivity contribution in [2.75, 3.05) is 5.32 Å². The molecule has 5 heteroatoms. The molecular weight excluding hydrogens is 316 g/mol. The Balaban J connectivity index is 2.28. The highest BCUT2D eigenvalue weighted by molar-refractivity contribution is 9.10. The fraction of sp³-hybridized carbons (Fsp3) is 0.0714. The van der Waals surface area contributed by atoms with Crippen molar-refractivity contribution in [3.05, 3.63) is 63.6 Å². The van der Waals surface area contributed by atoms with E-state index in [0.29, 0.717) is 10.0 Å². The summed E-state index contributed by atoms with van der Waals surface area (Å²) in [7, 11) is 0. The molecular formula is C14H10BrF2NO. The van der Waals surface area contributed by atoms with Crippen LogP contribution in [0.2, 0.25) is 0 Å². The van der Waals surface area contributed by atoms with Gasteiger partial charge >= 0.3 is 0 Å². The second kappa shape index (κ2) is 5.48. The molecule has 0 spiro atoms. The minimum atomic E-state index is -0.808. The summed E-state index contributed by atoms with van der Waals surface area (Å²) in [6, 6.07) is 8.27. The SMILES string of the molecule is Cc1ccc(Br)c(C(=O)Nc2ccc(F)cc2F)c1. The smallest absolute Gasteiger partial charge is 0.256 e. The number of hydrogen-bond donors (Lipinski definition) is 1. The molecule has 0 fully saturated rings. The average Bonchev–Trinajstić information content (AvgIpc) is 2.35. The topological polar surface area (TPSA) is 29.1 Å². The van der Waals surface area contributed by atoms with E-state index in [2.05, 4.69) is 21.2 Å². The van der Waals surface area contributed by atoms with Crippen LogP contribution in [0.25, 0.3) is 0 Å². The van der Waals surface area contributed by atoms with Crippen LogP contribution in [0, 0.1) is 18.6 Å². The van der Waals surface area contributed by atoms with Gasteiger partial charge in [0, 0.05) is 10.5 Å². The van der Waals surface area contributed by atoms with Gasteiger partial charge in [-0.25, -0.2) is 8.78 Å². The second-order valence-electron chi connectivity index (χ2n) is 4.06. The molecule has 0 bridgehead atoms. The molecule has 0 aliphatic rings. The lowest BCUT2D eigenvalue weighted by Gasteiger charge is -2.08. The number of aryl methyl sites for hydroxylation is 1. The van der Waals surface area contributed by atoms with E-state index in [1.807, 2.05) is 13.0 Å². The van der Waals surface area contributed by atoms with Crippen molar-refractivity contribution >= 4 is 27.5 Å². The molecule has 0 aromatic heterocycles. The number of benzene rings is 2. The van der Waals surface area contributed by atoms with Crippen LogP contribution in [0.15, 0.2) is 40.9 Å². The van der Waals surface area contributed by atoms with Crippen LogP contribution >= 0.6 is 15.9 Å². The van der Waals surface area contributed by atoms with Crippen LogP contribution in [-0.4, -0.2) is 5.91 Å². The number of hydrogen-bond acceptors (Lipinski definition) is 1. The zero-order valence-corrected chi connectivity index (χ0v) is 11.6. The third-order valence-corrected chi connectivity index (χ3v) is 3.24. The highest BCUT2D eigenvalue weighted by Crippen LogP contribution is 2.21. The molecule has 0 unspecified atom stereocenters. The number of halogens is 3. The Morgan fingerprint density at radius 2 is 1.89 bits per heavy atom. The third kappa shape index (κ3) is 3.17. The fourth-order valence-corrected chi connectivity index (χ4v) is 2.02. The molecule has 0 aliphatic carbocycles. The van der Waals surface area contributed by atoms with Gasteiger partial charge in [0.1, 0.15) is 11.6 Å². The summed E-state index contributed by atoms with van der Waals surface area (Å²) >= 11 is 3.26. The van der Waals surface area contributed by atoms with Crippen molar-refractivity contribution in [1.82, 2.24) is 0 Å². The Kier molecular flexibility index (Phi) is 3.95. The Morgan fingerprint density at radius 1 is 1.16 bits per heavy atom. The van der Waals surface area contributed by atoms with Crippen LogP contribution in [-0.2, 0) is 0 Å². The average molecular weight is 326 g/mol. The number of anilines is 1. The van der Waals surface area contributed by atoms with Gasteiger partial charge in [-0.05, 0) is 47.1 Å². The van der Waals surface area contributed by atoms with E-state index in [4.69, 9.17) is 0 Å². The van der Waals surface area contributed by atoms with Gasteiger partial charge in [0.2, 0.25) is 0 Å². The van der Waals surface area contributed by atoms with Crippen LogP contribution in [0.3, 0.4) is 0 Å². The standard InChI is InChI=1S/C14H10BrF2NO/c1-8-2-4-11(15)10(6-8)14(19)18-13-5-3-9(16)7-12(13)17/h2-7H,1H3,(H,18,19). The fourth-order valence-electron chi connectivity index (χ4n) is 1.59. The molecule has 0 aliphatic heterocycles. The van der Waals surface area contributed by atoms with E-state index in [1.165, 1.54) is 6.07 Å². The van der Waals surface area contributed by atoms with Gasteiger partial charge in [0.25, 0.3) is 5.91 Å². The van der Waals surface area contributed by atoms with E-state index in [0.717, 1.165) is 17.7 Å². The maximum absolute atomic E-state index is 13.4. The summed E-state index contributed by atoms with van der Waals surface area (Å²) in [6.07, 6.45) is 0.